The SMILES string of the molecule is COc1cc(/C=N/NC(=O)c2cc(C)n(-c3ccc(F)cc3)c2C)ccc1OC(=O)c1ccco1. The molecule has 9 heteroatoms. The molecule has 0 aliphatic heterocycles. The lowest BCUT2D eigenvalue weighted by Crippen LogP contribution is -2.18. The van der Waals surface area contributed by atoms with Gasteiger partial charge >= 0.3 is 5.97 Å². The van der Waals surface area contributed by atoms with Crippen molar-refractivity contribution in [3.05, 3.63) is 101 Å². The summed E-state index contributed by atoms with van der Waals surface area (Å²) in [6.07, 6.45) is 2.82. The van der Waals surface area contributed by atoms with Gasteiger partial charge in [0, 0.05) is 17.1 Å². The third-order valence-electron chi connectivity index (χ3n) is 5.25. The minimum Gasteiger partial charge on any atom is -0.493 e. The molecule has 0 saturated carbocycles. The number of hydrogen-bond donors (Lipinski definition) is 1. The highest BCUT2D eigenvalue weighted by atomic mass is 19.1. The number of nitrogens with one attached hydrogen (secondary N) is 1. The smallest absolute Gasteiger partial charge is 0.379 e. The van der Waals surface area contributed by atoms with Crippen molar-refractivity contribution < 1.29 is 27.9 Å². The van der Waals surface area contributed by atoms with Crippen LogP contribution in [0.3, 0.4) is 0 Å². The summed E-state index contributed by atoms with van der Waals surface area (Å²) in [7, 11) is 1.44. The number of halogens is 1. The Hall–Kier alpha value is -4.66. The fourth-order valence-corrected chi connectivity index (χ4v) is 3.60. The third-order valence-corrected chi connectivity index (χ3v) is 5.25. The van der Waals surface area contributed by atoms with Gasteiger partial charge in [-0.1, -0.05) is 0 Å². The molecule has 1 N–H and O–H groups in total. The van der Waals surface area contributed by atoms with E-state index >= 15 is 0 Å². The van der Waals surface area contributed by atoms with Crippen molar-refractivity contribution in [2.24, 2.45) is 5.10 Å². The zero-order chi connectivity index (χ0) is 24.9. The van der Waals surface area contributed by atoms with Crippen molar-refractivity contribution in [1.82, 2.24) is 9.99 Å². The molecule has 0 atom stereocenters. The van der Waals surface area contributed by atoms with Crippen LogP contribution in [0.2, 0.25) is 0 Å². The maximum atomic E-state index is 13.3. The fraction of sp³-hybridized carbons (Fsp3) is 0.115. The second-order valence-corrected chi connectivity index (χ2v) is 7.57. The second-order valence-electron chi connectivity index (χ2n) is 7.57. The number of amides is 1. The number of carbonyl (C=O) groups excluding carboxylic acids is 2. The quantitative estimate of drug-likeness (QED) is 0.179. The molecule has 0 saturated heterocycles. The first kappa shape index (κ1) is 23.5. The van der Waals surface area contributed by atoms with Crippen LogP contribution in [0.15, 0.2) is 76.4 Å². The first-order valence-electron chi connectivity index (χ1n) is 10.6. The van der Waals surface area contributed by atoms with Crippen molar-refractivity contribution in [2.75, 3.05) is 7.11 Å². The average Bonchev–Trinajstić information content (AvgIpc) is 3.49. The van der Waals surface area contributed by atoms with E-state index in [0.717, 1.165) is 11.4 Å². The molecule has 2 heterocycles. The van der Waals surface area contributed by atoms with Crippen LogP contribution < -0.4 is 14.9 Å². The predicted molar refractivity (Wildman–Crippen MR) is 127 cm³/mol. The van der Waals surface area contributed by atoms with Gasteiger partial charge in [-0.05, 0) is 80.1 Å². The van der Waals surface area contributed by atoms with Crippen LogP contribution in [0.4, 0.5) is 4.39 Å². The minimum atomic E-state index is -0.653. The van der Waals surface area contributed by atoms with Crippen LogP contribution in [-0.4, -0.2) is 29.8 Å². The lowest BCUT2D eigenvalue weighted by atomic mass is 10.2. The molecule has 35 heavy (non-hydrogen) atoms. The van der Waals surface area contributed by atoms with Gasteiger partial charge in [-0.25, -0.2) is 14.6 Å². The highest BCUT2D eigenvalue weighted by Gasteiger charge is 2.17. The number of hydrogen-bond acceptors (Lipinski definition) is 6. The Morgan fingerprint density at radius 3 is 2.51 bits per heavy atom. The predicted octanol–water partition coefficient (Wildman–Crippen LogP) is 4.82. The van der Waals surface area contributed by atoms with Crippen LogP contribution in [0.1, 0.15) is 37.9 Å². The monoisotopic (exact) mass is 475 g/mol. The zero-order valence-electron chi connectivity index (χ0n) is 19.2. The highest BCUT2D eigenvalue weighted by Crippen LogP contribution is 2.28. The Morgan fingerprint density at radius 2 is 1.83 bits per heavy atom. The summed E-state index contributed by atoms with van der Waals surface area (Å²) in [4.78, 5) is 24.8. The van der Waals surface area contributed by atoms with Gasteiger partial charge in [0.25, 0.3) is 5.91 Å². The molecular formula is C26H22FN3O5. The number of methoxy groups -OCH3 is 1. The molecule has 2 aromatic heterocycles. The van der Waals surface area contributed by atoms with Gasteiger partial charge < -0.3 is 18.5 Å². The fourth-order valence-electron chi connectivity index (χ4n) is 3.60. The first-order valence-corrected chi connectivity index (χ1v) is 10.6. The first-order chi connectivity index (χ1) is 16.9. The molecule has 0 bridgehead atoms. The Bertz CT molecular complexity index is 1390. The van der Waals surface area contributed by atoms with Crippen LogP contribution in [0.5, 0.6) is 11.5 Å². The van der Waals surface area contributed by atoms with Gasteiger partial charge in [0.1, 0.15) is 5.82 Å². The molecule has 0 aliphatic rings. The largest absolute Gasteiger partial charge is 0.493 e. The molecule has 8 nitrogen and oxygen atoms in total. The Labute approximate surface area is 200 Å². The zero-order valence-corrected chi connectivity index (χ0v) is 19.2. The summed E-state index contributed by atoms with van der Waals surface area (Å²) < 4.78 is 30.8. The van der Waals surface area contributed by atoms with Gasteiger partial charge in [-0.15, -0.1) is 0 Å². The van der Waals surface area contributed by atoms with Gasteiger partial charge in [-0.3, -0.25) is 4.79 Å². The van der Waals surface area contributed by atoms with E-state index in [9.17, 15) is 14.0 Å². The number of benzene rings is 2. The van der Waals surface area contributed by atoms with Crippen LogP contribution in [-0.2, 0) is 0 Å². The van der Waals surface area contributed by atoms with E-state index in [2.05, 4.69) is 10.5 Å². The lowest BCUT2D eigenvalue weighted by molar-refractivity contribution is 0.0696. The molecule has 1 amide bonds. The number of furan rings is 1. The molecule has 0 unspecified atom stereocenters. The van der Waals surface area contributed by atoms with Crippen molar-refractivity contribution in [3.8, 4) is 17.2 Å². The van der Waals surface area contributed by atoms with Crippen molar-refractivity contribution in [2.45, 2.75) is 13.8 Å². The van der Waals surface area contributed by atoms with Crippen LogP contribution in [0.25, 0.3) is 5.69 Å². The number of nitrogens with zero attached hydrogens (tertiary/aromatic N) is 2. The van der Waals surface area contributed by atoms with E-state index in [1.54, 1.807) is 42.5 Å². The van der Waals surface area contributed by atoms with Crippen molar-refractivity contribution in [3.63, 3.8) is 0 Å². The minimum absolute atomic E-state index is 0.0687. The Morgan fingerprint density at radius 1 is 1.06 bits per heavy atom. The summed E-state index contributed by atoms with van der Waals surface area (Å²) >= 11 is 0. The standard InChI is InChI=1S/C26H22FN3O5/c1-16-13-21(17(2)30(16)20-9-7-19(27)8-10-20)25(31)29-28-15-18-6-11-22(24(14-18)33-3)35-26(32)23-5-4-12-34-23/h4-15H,1-3H3,(H,29,31)/b28-15+. The number of hydrazone groups is 1. The van der Waals surface area contributed by atoms with Gasteiger partial charge in [0.15, 0.2) is 11.5 Å². The van der Waals surface area contributed by atoms with E-state index in [1.165, 1.54) is 37.8 Å². The van der Waals surface area contributed by atoms with Gasteiger partial charge in [-0.2, -0.15) is 5.10 Å². The van der Waals surface area contributed by atoms with E-state index in [0.29, 0.717) is 22.6 Å². The van der Waals surface area contributed by atoms with Crippen LogP contribution in [0, 0.1) is 19.7 Å². The number of aromatic nitrogens is 1. The summed E-state index contributed by atoms with van der Waals surface area (Å²) in [5.74, 6) is -0.784. The number of rotatable bonds is 7. The lowest BCUT2D eigenvalue weighted by Gasteiger charge is -2.10. The number of ether oxygens (including phenoxy) is 2. The maximum Gasteiger partial charge on any atom is 0.379 e. The average molecular weight is 475 g/mol. The number of carbonyl (C=O) groups is 2. The van der Waals surface area contributed by atoms with Crippen molar-refractivity contribution in [1.29, 1.82) is 0 Å². The van der Waals surface area contributed by atoms with E-state index in [-0.39, 0.29) is 17.3 Å². The Kier molecular flexibility index (Phi) is 6.77. The third kappa shape index (κ3) is 5.14. The maximum absolute atomic E-state index is 13.3. The van der Waals surface area contributed by atoms with Gasteiger partial charge in [0.2, 0.25) is 5.76 Å². The topological polar surface area (TPSA) is 95.1 Å². The molecule has 4 rings (SSSR count). The molecule has 4 aromatic rings. The molecular weight excluding hydrogens is 453 g/mol. The summed E-state index contributed by atoms with van der Waals surface area (Å²) in [6.45, 7) is 3.67. The van der Waals surface area contributed by atoms with E-state index < -0.39 is 11.9 Å². The van der Waals surface area contributed by atoms with E-state index in [1.807, 2.05) is 18.4 Å². The summed E-state index contributed by atoms with van der Waals surface area (Å²) in [5, 5.41) is 4.03. The molecule has 2 aromatic carbocycles. The molecule has 0 radical (unpaired) electrons. The highest BCUT2D eigenvalue weighted by molar-refractivity contribution is 5.96. The normalized spacial score (nSPS) is 11.0. The summed E-state index contributed by atoms with van der Waals surface area (Å²) in [5.41, 5.74) is 5.85. The number of esters is 1. The number of aryl methyl sites for hydroxylation is 1. The Balaban J connectivity index is 1.45. The molecule has 0 spiro atoms. The summed E-state index contributed by atoms with van der Waals surface area (Å²) in [6, 6.07) is 15.7. The van der Waals surface area contributed by atoms with Gasteiger partial charge in [0.05, 0.1) is 25.2 Å². The molecule has 0 fully saturated rings. The molecule has 178 valence electrons. The second kappa shape index (κ2) is 10.1. The molecule has 0 aliphatic carbocycles. The van der Waals surface area contributed by atoms with E-state index in [4.69, 9.17) is 13.9 Å². The van der Waals surface area contributed by atoms with Crippen LogP contribution >= 0.6 is 0 Å². The van der Waals surface area contributed by atoms with Crippen molar-refractivity contribution >= 4 is 18.1 Å².